The summed E-state index contributed by atoms with van der Waals surface area (Å²) >= 11 is 0. The Kier molecular flexibility index (Phi) is 7.93. The standard InChI is InChI=1S/C22H30N2O2S.ClH/c1-4-13-23-20-9-5-19-15-21(10-6-18(19)14-20)24-27(25,26)22-11-7-17(8-12-22)16(2)3;/h6-8,10-12,15-16,20,23-24H,4-5,9,13-14H2,1-3H3;1H/t20-;/m0./s1. The summed E-state index contributed by atoms with van der Waals surface area (Å²) in [4.78, 5) is 0.299. The first kappa shape index (κ1) is 22.7. The average Bonchev–Trinajstić information content (AvgIpc) is 2.66. The van der Waals surface area contributed by atoms with E-state index in [2.05, 4.69) is 36.9 Å². The van der Waals surface area contributed by atoms with E-state index >= 15 is 0 Å². The van der Waals surface area contributed by atoms with E-state index in [1.807, 2.05) is 24.3 Å². The van der Waals surface area contributed by atoms with Crippen LogP contribution in [0.15, 0.2) is 47.4 Å². The fourth-order valence-electron chi connectivity index (χ4n) is 3.59. The molecule has 0 bridgehead atoms. The number of anilines is 1. The predicted octanol–water partition coefficient (Wildman–Crippen LogP) is 4.89. The topological polar surface area (TPSA) is 58.2 Å². The third kappa shape index (κ3) is 5.49. The van der Waals surface area contributed by atoms with Crippen LogP contribution in [0.4, 0.5) is 5.69 Å². The Morgan fingerprint density at radius 2 is 1.79 bits per heavy atom. The van der Waals surface area contributed by atoms with Gasteiger partial charge in [0.25, 0.3) is 10.0 Å². The van der Waals surface area contributed by atoms with Crippen LogP contribution >= 0.6 is 12.4 Å². The molecule has 154 valence electrons. The van der Waals surface area contributed by atoms with Crippen molar-refractivity contribution in [3.8, 4) is 0 Å². The number of rotatable bonds is 7. The molecule has 1 aliphatic carbocycles. The van der Waals surface area contributed by atoms with Gasteiger partial charge in [0, 0.05) is 11.7 Å². The summed E-state index contributed by atoms with van der Waals surface area (Å²) < 4.78 is 28.1. The van der Waals surface area contributed by atoms with Gasteiger partial charge in [0.15, 0.2) is 0 Å². The number of nitrogens with one attached hydrogen (secondary N) is 2. The Hall–Kier alpha value is -1.56. The summed E-state index contributed by atoms with van der Waals surface area (Å²) in [6.45, 7) is 7.42. The second-order valence-electron chi connectivity index (χ2n) is 7.71. The lowest BCUT2D eigenvalue weighted by Gasteiger charge is -2.26. The molecular weight excluding hydrogens is 392 g/mol. The molecule has 3 rings (SSSR count). The van der Waals surface area contributed by atoms with Gasteiger partial charge >= 0.3 is 0 Å². The molecule has 28 heavy (non-hydrogen) atoms. The Morgan fingerprint density at radius 1 is 1.07 bits per heavy atom. The lowest BCUT2D eigenvalue weighted by Crippen LogP contribution is -2.35. The minimum atomic E-state index is -3.57. The highest BCUT2D eigenvalue weighted by atomic mass is 35.5. The van der Waals surface area contributed by atoms with E-state index in [-0.39, 0.29) is 12.4 Å². The van der Waals surface area contributed by atoms with E-state index in [0.29, 0.717) is 22.5 Å². The quantitative estimate of drug-likeness (QED) is 0.667. The van der Waals surface area contributed by atoms with E-state index in [9.17, 15) is 8.42 Å². The molecule has 1 aliphatic rings. The molecule has 0 saturated heterocycles. The van der Waals surface area contributed by atoms with Gasteiger partial charge < -0.3 is 5.32 Å². The zero-order valence-electron chi connectivity index (χ0n) is 16.9. The number of hydrogen-bond donors (Lipinski definition) is 2. The highest BCUT2D eigenvalue weighted by Crippen LogP contribution is 2.26. The fraction of sp³-hybridized carbons (Fsp3) is 0.455. The molecule has 0 radical (unpaired) electrons. The maximum Gasteiger partial charge on any atom is 0.261 e. The van der Waals surface area contributed by atoms with Gasteiger partial charge in [-0.05, 0) is 79.1 Å². The summed E-state index contributed by atoms with van der Waals surface area (Å²) in [5, 5.41) is 3.59. The van der Waals surface area contributed by atoms with Gasteiger partial charge in [-0.1, -0.05) is 39.0 Å². The first-order valence-corrected chi connectivity index (χ1v) is 11.4. The molecule has 0 heterocycles. The fourth-order valence-corrected chi connectivity index (χ4v) is 4.64. The largest absolute Gasteiger partial charge is 0.314 e. The minimum absolute atomic E-state index is 0. The highest BCUT2D eigenvalue weighted by Gasteiger charge is 2.20. The highest BCUT2D eigenvalue weighted by molar-refractivity contribution is 7.92. The molecule has 2 aromatic rings. The summed E-state index contributed by atoms with van der Waals surface area (Å²) in [6.07, 6.45) is 4.23. The van der Waals surface area contributed by atoms with Crippen molar-refractivity contribution in [2.45, 2.75) is 63.3 Å². The third-order valence-corrected chi connectivity index (χ3v) is 6.62. The molecule has 0 saturated carbocycles. The number of hydrogen-bond acceptors (Lipinski definition) is 3. The monoisotopic (exact) mass is 422 g/mol. The predicted molar refractivity (Wildman–Crippen MR) is 119 cm³/mol. The Bertz CT molecular complexity index is 880. The van der Waals surface area contributed by atoms with Crippen molar-refractivity contribution in [3.05, 3.63) is 59.2 Å². The second-order valence-corrected chi connectivity index (χ2v) is 9.39. The van der Waals surface area contributed by atoms with Gasteiger partial charge in [0.05, 0.1) is 4.90 Å². The van der Waals surface area contributed by atoms with Crippen LogP contribution < -0.4 is 10.0 Å². The molecule has 2 aromatic carbocycles. The molecule has 0 amide bonds. The molecule has 4 nitrogen and oxygen atoms in total. The van der Waals surface area contributed by atoms with Crippen molar-refractivity contribution in [3.63, 3.8) is 0 Å². The van der Waals surface area contributed by atoms with E-state index in [0.717, 1.165) is 37.8 Å². The van der Waals surface area contributed by atoms with Crippen LogP contribution in [0.25, 0.3) is 0 Å². The van der Waals surface area contributed by atoms with Crippen molar-refractivity contribution < 1.29 is 8.42 Å². The van der Waals surface area contributed by atoms with Crippen LogP contribution in [0.2, 0.25) is 0 Å². The number of fused-ring (bicyclic) bond motifs is 1. The second kappa shape index (κ2) is 9.77. The number of halogens is 1. The lowest BCUT2D eigenvalue weighted by molar-refractivity contribution is 0.459. The molecule has 0 aliphatic heterocycles. The van der Waals surface area contributed by atoms with Gasteiger partial charge in [0.1, 0.15) is 0 Å². The first-order chi connectivity index (χ1) is 12.9. The first-order valence-electron chi connectivity index (χ1n) is 9.87. The number of benzene rings is 2. The molecule has 0 spiro atoms. The van der Waals surface area contributed by atoms with Gasteiger partial charge in [-0.25, -0.2) is 8.42 Å². The van der Waals surface area contributed by atoms with Gasteiger partial charge in [0.2, 0.25) is 0 Å². The van der Waals surface area contributed by atoms with Crippen LogP contribution in [0.3, 0.4) is 0 Å². The summed E-state index contributed by atoms with van der Waals surface area (Å²) in [5.41, 5.74) is 4.34. The van der Waals surface area contributed by atoms with Crippen molar-refractivity contribution in [1.82, 2.24) is 5.32 Å². The van der Waals surface area contributed by atoms with E-state index < -0.39 is 10.0 Å². The number of sulfonamides is 1. The smallest absolute Gasteiger partial charge is 0.261 e. The van der Waals surface area contributed by atoms with Crippen molar-refractivity contribution in [1.29, 1.82) is 0 Å². The molecule has 1 atom stereocenters. The average molecular weight is 423 g/mol. The number of aryl methyl sites for hydroxylation is 1. The molecule has 0 fully saturated rings. The van der Waals surface area contributed by atoms with E-state index in [4.69, 9.17) is 0 Å². The van der Waals surface area contributed by atoms with Crippen LogP contribution in [-0.2, 0) is 22.9 Å². The molecule has 0 aromatic heterocycles. The minimum Gasteiger partial charge on any atom is -0.314 e. The molecule has 2 N–H and O–H groups in total. The molecule has 6 heteroatoms. The summed E-state index contributed by atoms with van der Waals surface area (Å²) in [6, 6.07) is 13.6. The van der Waals surface area contributed by atoms with Crippen LogP contribution in [0.1, 0.15) is 56.2 Å². The molecular formula is C22H31ClN2O2S. The normalized spacial score (nSPS) is 16.4. The van der Waals surface area contributed by atoms with Crippen molar-refractivity contribution in [2.24, 2.45) is 0 Å². The van der Waals surface area contributed by atoms with E-state index in [1.54, 1.807) is 12.1 Å². The van der Waals surface area contributed by atoms with Crippen molar-refractivity contribution >= 4 is 28.1 Å². The Balaban J connectivity index is 0.00000280. The molecule has 0 unspecified atom stereocenters. The Labute approximate surface area is 175 Å². The summed E-state index contributed by atoms with van der Waals surface area (Å²) in [5.74, 6) is 0.381. The van der Waals surface area contributed by atoms with Crippen LogP contribution in [0, 0.1) is 0 Å². The van der Waals surface area contributed by atoms with Gasteiger partial charge in [-0.3, -0.25) is 4.72 Å². The van der Waals surface area contributed by atoms with E-state index in [1.165, 1.54) is 11.1 Å². The zero-order valence-corrected chi connectivity index (χ0v) is 18.5. The lowest BCUT2D eigenvalue weighted by atomic mass is 9.88. The van der Waals surface area contributed by atoms with Crippen LogP contribution in [-0.4, -0.2) is 21.0 Å². The zero-order chi connectivity index (χ0) is 19.4. The maximum atomic E-state index is 12.7. The van der Waals surface area contributed by atoms with Crippen molar-refractivity contribution in [2.75, 3.05) is 11.3 Å². The SMILES string of the molecule is CCCN[C@H]1CCc2cc(NS(=O)(=O)c3ccc(C(C)C)cc3)ccc2C1.Cl. The van der Waals surface area contributed by atoms with Crippen LogP contribution in [0.5, 0.6) is 0 Å². The maximum absolute atomic E-state index is 12.7. The summed E-state index contributed by atoms with van der Waals surface area (Å²) in [7, 11) is -3.57. The van der Waals surface area contributed by atoms with Gasteiger partial charge in [-0.2, -0.15) is 0 Å². The van der Waals surface area contributed by atoms with Gasteiger partial charge in [-0.15, -0.1) is 12.4 Å². The Morgan fingerprint density at radius 3 is 2.43 bits per heavy atom. The third-order valence-electron chi connectivity index (χ3n) is 5.23.